The number of hydrogen-bond acceptors (Lipinski definition) is 4. The third-order valence-electron chi connectivity index (χ3n) is 4.17. The van der Waals surface area contributed by atoms with Crippen LogP contribution < -0.4 is 9.47 Å². The second kappa shape index (κ2) is 8.33. The van der Waals surface area contributed by atoms with Crippen molar-refractivity contribution in [3.8, 4) is 11.5 Å². The van der Waals surface area contributed by atoms with Crippen molar-refractivity contribution in [2.24, 2.45) is 0 Å². The second-order valence-electron chi connectivity index (χ2n) is 7.70. The van der Waals surface area contributed by atoms with Crippen LogP contribution in [0.2, 0.25) is 0 Å². The van der Waals surface area contributed by atoms with E-state index in [-0.39, 0.29) is 12.2 Å². The molecule has 0 bridgehead atoms. The van der Waals surface area contributed by atoms with Crippen LogP contribution in [0.5, 0.6) is 11.5 Å². The van der Waals surface area contributed by atoms with Gasteiger partial charge in [0.15, 0.2) is 0 Å². The Bertz CT molecular complexity index is 737. The Morgan fingerprint density at radius 2 is 1.70 bits per heavy atom. The highest BCUT2D eigenvalue weighted by Crippen LogP contribution is 2.23. The predicted molar refractivity (Wildman–Crippen MR) is 104 cm³/mol. The summed E-state index contributed by atoms with van der Waals surface area (Å²) >= 11 is 0. The topological polar surface area (TPSA) is 48.0 Å². The Morgan fingerprint density at radius 1 is 1.04 bits per heavy atom. The molecule has 0 N–H and O–H groups in total. The highest BCUT2D eigenvalue weighted by atomic mass is 16.6. The summed E-state index contributed by atoms with van der Waals surface area (Å²) in [4.78, 5) is 13.8. The first-order valence-corrected chi connectivity index (χ1v) is 9.30. The zero-order valence-corrected chi connectivity index (χ0v) is 16.2. The molecule has 0 spiro atoms. The van der Waals surface area contributed by atoms with E-state index < -0.39 is 5.60 Å². The highest BCUT2D eigenvalue weighted by Gasteiger charge is 2.30. The van der Waals surface area contributed by atoms with E-state index in [0.29, 0.717) is 19.7 Å². The Morgan fingerprint density at radius 3 is 2.37 bits per heavy atom. The van der Waals surface area contributed by atoms with E-state index in [4.69, 9.17) is 14.2 Å². The van der Waals surface area contributed by atoms with Crippen molar-refractivity contribution >= 4 is 6.09 Å². The van der Waals surface area contributed by atoms with E-state index in [0.717, 1.165) is 23.5 Å². The fourth-order valence-electron chi connectivity index (χ4n) is 2.86. The normalized spacial score (nSPS) is 16.9. The largest absolute Gasteiger partial charge is 0.489 e. The van der Waals surface area contributed by atoms with Gasteiger partial charge in [0, 0.05) is 13.0 Å². The van der Waals surface area contributed by atoms with Crippen molar-refractivity contribution in [1.82, 2.24) is 4.90 Å². The number of benzene rings is 2. The summed E-state index contributed by atoms with van der Waals surface area (Å²) < 4.78 is 17.2. The fraction of sp³-hybridized carbons (Fsp3) is 0.409. The molecular formula is C22H27NO4. The molecule has 0 unspecified atom stereocenters. The Kier molecular flexibility index (Phi) is 5.89. The van der Waals surface area contributed by atoms with Crippen molar-refractivity contribution in [1.29, 1.82) is 0 Å². The van der Waals surface area contributed by atoms with Crippen LogP contribution in [0.15, 0.2) is 54.6 Å². The molecule has 0 aromatic heterocycles. The first kappa shape index (κ1) is 19.1. The van der Waals surface area contributed by atoms with Crippen LogP contribution in [-0.4, -0.2) is 35.8 Å². The molecule has 144 valence electrons. The van der Waals surface area contributed by atoms with Gasteiger partial charge < -0.3 is 19.1 Å². The van der Waals surface area contributed by atoms with E-state index in [1.165, 1.54) is 0 Å². The maximum Gasteiger partial charge on any atom is 0.410 e. The molecule has 0 radical (unpaired) electrons. The van der Waals surface area contributed by atoms with Gasteiger partial charge >= 0.3 is 6.09 Å². The molecule has 1 aliphatic rings. The fourth-order valence-corrected chi connectivity index (χ4v) is 2.86. The molecule has 2 aromatic carbocycles. The van der Waals surface area contributed by atoms with E-state index in [1.807, 2.05) is 75.4 Å². The number of likely N-dealkylation sites (tertiary alicyclic amines) is 1. The average Bonchev–Trinajstić information content (AvgIpc) is 3.09. The lowest BCUT2D eigenvalue weighted by molar-refractivity contribution is 0.0275. The molecule has 1 saturated heterocycles. The maximum absolute atomic E-state index is 12.1. The van der Waals surface area contributed by atoms with Gasteiger partial charge in [0.2, 0.25) is 0 Å². The van der Waals surface area contributed by atoms with Crippen LogP contribution in [0.1, 0.15) is 32.8 Å². The number of amides is 1. The number of ether oxygens (including phenoxy) is 3. The SMILES string of the molecule is CC(C)(C)OC(=O)N1CC[C@H](Oc2ccc(OCc3ccccc3)cc2)C1. The molecule has 5 heteroatoms. The maximum atomic E-state index is 12.1. The standard InChI is InChI=1S/C22H27NO4/c1-22(2,3)27-21(24)23-14-13-20(15-23)26-19-11-9-18(10-12-19)25-16-17-7-5-4-6-8-17/h4-12,20H,13-16H2,1-3H3/t20-/m0/s1. The summed E-state index contributed by atoms with van der Waals surface area (Å²) in [6.45, 7) is 7.34. The summed E-state index contributed by atoms with van der Waals surface area (Å²) in [6, 6.07) is 17.7. The number of carbonyl (C=O) groups is 1. The summed E-state index contributed by atoms with van der Waals surface area (Å²) in [7, 11) is 0. The van der Waals surface area contributed by atoms with Gasteiger partial charge in [0.1, 0.15) is 29.8 Å². The quantitative estimate of drug-likeness (QED) is 0.769. The molecule has 27 heavy (non-hydrogen) atoms. The van der Waals surface area contributed by atoms with Crippen LogP contribution >= 0.6 is 0 Å². The Hall–Kier alpha value is -2.69. The van der Waals surface area contributed by atoms with Crippen LogP contribution in [0.3, 0.4) is 0 Å². The smallest absolute Gasteiger partial charge is 0.410 e. The summed E-state index contributed by atoms with van der Waals surface area (Å²) in [6.07, 6.45) is 0.498. The van der Waals surface area contributed by atoms with Crippen molar-refractivity contribution in [3.63, 3.8) is 0 Å². The zero-order valence-electron chi connectivity index (χ0n) is 16.2. The van der Waals surface area contributed by atoms with Gasteiger partial charge in [0.05, 0.1) is 6.54 Å². The molecule has 2 aromatic rings. The molecule has 1 heterocycles. The van der Waals surface area contributed by atoms with Gasteiger partial charge in [-0.05, 0) is 50.6 Å². The van der Waals surface area contributed by atoms with Gasteiger partial charge in [0.25, 0.3) is 0 Å². The minimum Gasteiger partial charge on any atom is -0.489 e. The first-order valence-electron chi connectivity index (χ1n) is 9.30. The number of nitrogens with zero attached hydrogens (tertiary/aromatic N) is 1. The van der Waals surface area contributed by atoms with E-state index in [9.17, 15) is 4.79 Å². The lowest BCUT2D eigenvalue weighted by Crippen LogP contribution is -2.36. The third-order valence-corrected chi connectivity index (χ3v) is 4.17. The summed E-state index contributed by atoms with van der Waals surface area (Å²) in [5.41, 5.74) is 0.650. The average molecular weight is 369 g/mol. The van der Waals surface area contributed by atoms with Crippen molar-refractivity contribution in [2.75, 3.05) is 13.1 Å². The monoisotopic (exact) mass is 369 g/mol. The highest BCUT2D eigenvalue weighted by molar-refractivity contribution is 5.68. The number of hydrogen-bond donors (Lipinski definition) is 0. The molecule has 1 amide bonds. The minimum absolute atomic E-state index is 0.0198. The minimum atomic E-state index is -0.481. The van der Waals surface area contributed by atoms with Gasteiger partial charge in [-0.3, -0.25) is 0 Å². The van der Waals surface area contributed by atoms with E-state index in [1.54, 1.807) is 4.90 Å². The van der Waals surface area contributed by atoms with E-state index >= 15 is 0 Å². The predicted octanol–water partition coefficient (Wildman–Crippen LogP) is 4.65. The van der Waals surface area contributed by atoms with Gasteiger partial charge in [-0.25, -0.2) is 4.79 Å². The van der Waals surface area contributed by atoms with Crippen LogP contribution in [0, 0.1) is 0 Å². The van der Waals surface area contributed by atoms with Crippen molar-refractivity contribution in [2.45, 2.75) is 45.5 Å². The molecule has 5 nitrogen and oxygen atoms in total. The van der Waals surface area contributed by atoms with Crippen LogP contribution in [0.25, 0.3) is 0 Å². The van der Waals surface area contributed by atoms with Crippen LogP contribution in [0.4, 0.5) is 4.79 Å². The number of rotatable bonds is 5. The summed E-state index contributed by atoms with van der Waals surface area (Å²) in [5, 5.41) is 0. The Balaban J connectivity index is 1.47. The third kappa shape index (κ3) is 5.91. The van der Waals surface area contributed by atoms with Gasteiger partial charge in [-0.2, -0.15) is 0 Å². The molecule has 1 aliphatic heterocycles. The molecule has 1 atom stereocenters. The molecule has 1 fully saturated rings. The molecule has 0 aliphatic carbocycles. The molecular weight excluding hydrogens is 342 g/mol. The van der Waals surface area contributed by atoms with Crippen molar-refractivity contribution in [3.05, 3.63) is 60.2 Å². The zero-order chi connectivity index (χ0) is 19.3. The lowest BCUT2D eigenvalue weighted by Gasteiger charge is -2.24. The summed E-state index contributed by atoms with van der Waals surface area (Å²) in [5.74, 6) is 1.58. The van der Waals surface area contributed by atoms with Gasteiger partial charge in [-0.1, -0.05) is 30.3 Å². The molecule has 3 rings (SSSR count). The number of carbonyl (C=O) groups excluding carboxylic acids is 1. The lowest BCUT2D eigenvalue weighted by atomic mass is 10.2. The Labute approximate surface area is 160 Å². The van der Waals surface area contributed by atoms with Crippen LogP contribution in [-0.2, 0) is 11.3 Å². The van der Waals surface area contributed by atoms with Gasteiger partial charge in [-0.15, -0.1) is 0 Å². The second-order valence-corrected chi connectivity index (χ2v) is 7.70. The van der Waals surface area contributed by atoms with E-state index in [2.05, 4.69) is 0 Å². The first-order chi connectivity index (χ1) is 12.9. The van der Waals surface area contributed by atoms with Crippen molar-refractivity contribution < 1.29 is 19.0 Å². The molecule has 0 saturated carbocycles.